The summed E-state index contributed by atoms with van der Waals surface area (Å²) in [6.45, 7) is 1.53. The summed E-state index contributed by atoms with van der Waals surface area (Å²) in [5.41, 5.74) is 0.491. The first kappa shape index (κ1) is 25.3. The van der Waals surface area contributed by atoms with Gasteiger partial charge in [0.2, 0.25) is 0 Å². The maximum absolute atomic E-state index is 11.5. The molecule has 0 unspecified atom stereocenters. The number of pyridine rings is 1. The lowest BCUT2D eigenvalue weighted by Gasteiger charge is -2.40. The Morgan fingerprint density at radius 1 is 1.13 bits per heavy atom. The zero-order valence-corrected chi connectivity index (χ0v) is 17.8. The molecule has 2 aliphatic rings. The van der Waals surface area contributed by atoms with Crippen molar-refractivity contribution in [3.63, 3.8) is 0 Å². The van der Waals surface area contributed by atoms with Crippen LogP contribution in [0, 0.1) is 11.8 Å². The second-order valence-corrected chi connectivity index (χ2v) is 7.31. The van der Waals surface area contributed by atoms with Crippen LogP contribution in [0.25, 0.3) is 0 Å². The monoisotopic (exact) mass is 425 g/mol. The molecule has 3 rings (SSSR count). The lowest BCUT2D eigenvalue weighted by Crippen LogP contribution is -2.47. The molecule has 1 saturated carbocycles. The van der Waals surface area contributed by atoms with Gasteiger partial charge in [-0.1, -0.05) is 0 Å². The molecule has 0 radical (unpaired) electrons. The van der Waals surface area contributed by atoms with Gasteiger partial charge in [-0.05, 0) is 50.9 Å². The van der Waals surface area contributed by atoms with Gasteiger partial charge >= 0.3 is 5.97 Å². The highest BCUT2D eigenvalue weighted by molar-refractivity contribution is 5.89. The van der Waals surface area contributed by atoms with Crippen LogP contribution >= 0.6 is 0 Å². The topological polar surface area (TPSA) is 130 Å². The summed E-state index contributed by atoms with van der Waals surface area (Å²) < 4.78 is 10.5. The fourth-order valence-corrected chi connectivity index (χ4v) is 4.19. The van der Waals surface area contributed by atoms with Crippen molar-refractivity contribution < 1.29 is 34.1 Å². The Hall–Kier alpha value is -2.72. The van der Waals surface area contributed by atoms with E-state index < -0.39 is 0 Å². The number of methoxy groups -OCH3 is 2. The van der Waals surface area contributed by atoms with Crippen LogP contribution in [0.3, 0.4) is 0 Å². The Labute approximate surface area is 176 Å². The number of nitrogens with zero attached hydrogens (tertiary/aromatic N) is 3. The van der Waals surface area contributed by atoms with Crippen LogP contribution in [0.4, 0.5) is 5.82 Å². The third-order valence-electron chi connectivity index (χ3n) is 5.54. The van der Waals surface area contributed by atoms with Gasteiger partial charge in [0.15, 0.2) is 0 Å². The number of carbonyl (C=O) groups is 3. The summed E-state index contributed by atoms with van der Waals surface area (Å²) in [7, 11) is 7.48. The number of esters is 1. The van der Waals surface area contributed by atoms with Crippen LogP contribution in [-0.2, 0) is 19.1 Å². The molecule has 1 aliphatic heterocycles. The molecule has 30 heavy (non-hydrogen) atoms. The molecule has 1 aliphatic carbocycles. The molecule has 168 valence electrons. The van der Waals surface area contributed by atoms with Crippen LogP contribution in [-0.4, -0.2) is 92.6 Å². The van der Waals surface area contributed by atoms with E-state index in [1.165, 1.54) is 7.11 Å². The van der Waals surface area contributed by atoms with Gasteiger partial charge in [0.05, 0.1) is 18.8 Å². The van der Waals surface area contributed by atoms with Gasteiger partial charge in [-0.25, -0.2) is 9.78 Å². The summed E-state index contributed by atoms with van der Waals surface area (Å²) in [5, 5.41) is 13.8. The molecule has 1 saturated heterocycles. The molecule has 0 aromatic carbocycles. The van der Waals surface area contributed by atoms with Gasteiger partial charge in [0.25, 0.3) is 12.9 Å². The highest BCUT2D eigenvalue weighted by atomic mass is 16.5. The number of anilines is 1. The SMILES string of the molecule is COC(=O)c1ccc(N2C[C@H]3C[C@@H](N(C)C)[C@H](OC)C[C@H]3C2)nc1.O=CO.O=CO. The fourth-order valence-electron chi connectivity index (χ4n) is 4.19. The first-order valence-electron chi connectivity index (χ1n) is 9.50. The lowest BCUT2D eigenvalue weighted by atomic mass is 9.77. The Morgan fingerprint density at radius 3 is 2.13 bits per heavy atom. The van der Waals surface area contributed by atoms with Gasteiger partial charge in [0.1, 0.15) is 5.82 Å². The van der Waals surface area contributed by atoms with E-state index in [9.17, 15) is 4.79 Å². The Kier molecular flexibility index (Phi) is 10.8. The van der Waals surface area contributed by atoms with Crippen LogP contribution in [0.1, 0.15) is 23.2 Å². The maximum atomic E-state index is 11.5. The number of carbonyl (C=O) groups excluding carboxylic acids is 1. The average Bonchev–Trinajstić information content (AvgIpc) is 3.16. The Bertz CT molecular complexity index is 663. The van der Waals surface area contributed by atoms with E-state index in [4.69, 9.17) is 29.3 Å². The second-order valence-electron chi connectivity index (χ2n) is 7.31. The first-order valence-corrected chi connectivity index (χ1v) is 9.50. The predicted octanol–water partition coefficient (Wildman–Crippen LogP) is 1.06. The normalized spacial score (nSPS) is 24.5. The second kappa shape index (κ2) is 12.8. The molecule has 1 aromatic rings. The van der Waals surface area contributed by atoms with Crippen molar-refractivity contribution in [2.24, 2.45) is 11.8 Å². The predicted molar refractivity (Wildman–Crippen MR) is 110 cm³/mol. The number of hydrogen-bond donors (Lipinski definition) is 2. The number of rotatable bonds is 4. The van der Waals surface area contributed by atoms with E-state index >= 15 is 0 Å². The number of fused-ring (bicyclic) bond motifs is 1. The average molecular weight is 425 g/mol. The highest BCUT2D eigenvalue weighted by Crippen LogP contribution is 2.39. The molecule has 0 spiro atoms. The minimum atomic E-state index is -0.346. The third-order valence-corrected chi connectivity index (χ3v) is 5.54. The van der Waals surface area contributed by atoms with Crippen LogP contribution < -0.4 is 4.90 Å². The molecule has 2 fully saturated rings. The van der Waals surface area contributed by atoms with Gasteiger partial charge in [-0.3, -0.25) is 9.59 Å². The van der Waals surface area contributed by atoms with Crippen molar-refractivity contribution in [1.29, 1.82) is 0 Å². The van der Waals surface area contributed by atoms with E-state index in [-0.39, 0.29) is 18.9 Å². The summed E-state index contributed by atoms with van der Waals surface area (Å²) in [6.07, 6.45) is 4.16. The minimum Gasteiger partial charge on any atom is -0.483 e. The minimum absolute atomic E-state index is 0.250. The van der Waals surface area contributed by atoms with E-state index in [0.29, 0.717) is 29.5 Å². The molecule has 2 heterocycles. The van der Waals surface area contributed by atoms with Gasteiger partial charge < -0.3 is 29.5 Å². The lowest BCUT2D eigenvalue weighted by molar-refractivity contribution is -0.123. The first-order chi connectivity index (χ1) is 14.4. The van der Waals surface area contributed by atoms with Crippen LogP contribution in [0.2, 0.25) is 0 Å². The molecule has 10 heteroatoms. The van der Waals surface area contributed by atoms with E-state index in [2.05, 4.69) is 28.9 Å². The summed E-state index contributed by atoms with van der Waals surface area (Å²) >= 11 is 0. The zero-order chi connectivity index (χ0) is 22.7. The largest absolute Gasteiger partial charge is 0.483 e. The van der Waals surface area contributed by atoms with Crippen molar-refractivity contribution in [2.75, 3.05) is 46.3 Å². The fraction of sp³-hybridized carbons (Fsp3) is 0.600. The summed E-state index contributed by atoms with van der Waals surface area (Å²) in [4.78, 5) is 37.3. The van der Waals surface area contributed by atoms with E-state index in [1.54, 1.807) is 12.3 Å². The van der Waals surface area contributed by atoms with Gasteiger partial charge in [-0.2, -0.15) is 0 Å². The van der Waals surface area contributed by atoms with Gasteiger partial charge in [-0.15, -0.1) is 0 Å². The highest BCUT2D eigenvalue weighted by Gasteiger charge is 2.43. The van der Waals surface area contributed by atoms with Crippen molar-refractivity contribution in [2.45, 2.75) is 25.0 Å². The molecule has 0 amide bonds. The third kappa shape index (κ3) is 6.67. The molecule has 1 aromatic heterocycles. The van der Waals surface area contributed by atoms with Crippen molar-refractivity contribution in [3.8, 4) is 0 Å². The van der Waals surface area contributed by atoms with Crippen molar-refractivity contribution in [3.05, 3.63) is 23.9 Å². The summed E-state index contributed by atoms with van der Waals surface area (Å²) in [6, 6.07) is 4.18. The number of likely N-dealkylation sites (N-methyl/N-ethyl adjacent to an activating group) is 1. The van der Waals surface area contributed by atoms with E-state index in [0.717, 1.165) is 31.7 Å². The molecule has 4 atom stereocenters. The molecule has 2 N–H and O–H groups in total. The molecular weight excluding hydrogens is 394 g/mol. The molecule has 10 nitrogen and oxygen atoms in total. The Balaban J connectivity index is 0.000000672. The quantitative estimate of drug-likeness (QED) is 0.533. The van der Waals surface area contributed by atoms with E-state index in [1.807, 2.05) is 13.2 Å². The Morgan fingerprint density at radius 2 is 1.70 bits per heavy atom. The number of ether oxygens (including phenoxy) is 2. The molecule has 0 bridgehead atoms. The zero-order valence-electron chi connectivity index (χ0n) is 17.8. The molecular formula is C20H31N3O7. The smallest absolute Gasteiger partial charge is 0.339 e. The van der Waals surface area contributed by atoms with Crippen LogP contribution in [0.15, 0.2) is 18.3 Å². The van der Waals surface area contributed by atoms with Crippen molar-refractivity contribution in [1.82, 2.24) is 9.88 Å². The standard InChI is InChI=1S/C18H27N3O3.2CH2O2/c1-20(2)15-7-13-10-21(11-14(13)8-16(15)23-3)17-6-5-12(9-19-17)18(22)24-4;2*2-1-3/h5-6,9,13-16H,7-8,10-11H2,1-4H3;2*1H,(H,2,3)/t13-,14+,15-,16-;;/m1../s1. The summed E-state index contributed by atoms with van der Waals surface area (Å²) in [5.74, 6) is 1.91. The van der Waals surface area contributed by atoms with Gasteiger partial charge in [0, 0.05) is 32.4 Å². The number of hydrogen-bond acceptors (Lipinski definition) is 8. The number of aromatic nitrogens is 1. The van der Waals surface area contributed by atoms with Crippen molar-refractivity contribution >= 4 is 24.7 Å². The van der Waals surface area contributed by atoms with Crippen LogP contribution in [0.5, 0.6) is 0 Å². The maximum Gasteiger partial charge on any atom is 0.339 e. The number of carboxylic acid groups (broad SMARTS) is 2.